The molecule has 3 N–H and O–H groups in total. The molecule has 0 atom stereocenters. The van der Waals surface area contributed by atoms with Gasteiger partial charge in [-0.3, -0.25) is 0 Å². The monoisotopic (exact) mass is 220 g/mol. The Morgan fingerprint density at radius 3 is 2.50 bits per heavy atom. The molecule has 0 radical (unpaired) electrons. The predicted molar refractivity (Wildman–Crippen MR) is 30.4 cm³/mol. The number of halogens is 1. The van der Waals surface area contributed by atoms with E-state index in [1.807, 2.05) is 0 Å². The Labute approximate surface area is 72.2 Å². The first-order valence-electron chi connectivity index (χ1n) is 2.88. The van der Waals surface area contributed by atoms with Crippen LogP contribution in [0.2, 0.25) is 0 Å². The number of hydrogen-bond acceptors (Lipinski definition) is 4. The third kappa shape index (κ3) is 8.75. The second-order valence-corrected chi connectivity index (χ2v) is 3.86. The summed E-state index contributed by atoms with van der Waals surface area (Å²) in [4.78, 5) is 0. The van der Waals surface area contributed by atoms with Crippen LogP contribution in [-0.2, 0) is 21.4 Å². The van der Waals surface area contributed by atoms with Crippen LogP contribution in [0.5, 0.6) is 0 Å². The molecule has 58 valence electrons. The number of alkyl halides is 1. The van der Waals surface area contributed by atoms with E-state index in [9.17, 15) is 0 Å². The molecular weight excluding hydrogens is 213 g/mol. The van der Waals surface area contributed by atoms with E-state index in [2.05, 4.69) is 0 Å². The van der Waals surface area contributed by atoms with Crippen LogP contribution in [0, 0.1) is 0 Å². The quantitative estimate of drug-likeness (QED) is 0.255. The summed E-state index contributed by atoms with van der Waals surface area (Å²) >= 11 is 3.31. The van der Waals surface area contributed by atoms with Crippen LogP contribution in [0.25, 0.3) is 0 Å². The first kappa shape index (κ1) is 10.8. The van der Waals surface area contributed by atoms with Crippen molar-refractivity contribution in [3.05, 3.63) is 0 Å². The molecule has 0 saturated carbocycles. The molecule has 0 heterocycles. The average Bonchev–Trinajstić information content (AvgIpc) is 1.78. The van der Waals surface area contributed by atoms with E-state index in [0.717, 1.165) is 0 Å². The Kier molecular flexibility index (Phi) is 5.82. The van der Waals surface area contributed by atoms with Crippen LogP contribution in [0.3, 0.4) is 0 Å². The molecule has 0 aliphatic carbocycles. The normalized spacial score (nSPS) is 11.2. The molecule has 0 aliphatic rings. The van der Waals surface area contributed by atoms with Crippen molar-refractivity contribution in [2.75, 3.05) is 6.61 Å². The second kappa shape index (κ2) is 5.41. The van der Waals surface area contributed by atoms with E-state index < -0.39 is 23.1 Å². The van der Waals surface area contributed by atoms with E-state index in [0.29, 0.717) is 13.0 Å². The first-order valence-corrected chi connectivity index (χ1v) is 5.80. The van der Waals surface area contributed by atoms with Crippen molar-refractivity contribution in [3.8, 4) is 0 Å². The van der Waals surface area contributed by atoms with Gasteiger partial charge in [-0.1, -0.05) is 0 Å². The van der Waals surface area contributed by atoms with Crippen molar-refractivity contribution >= 4 is 11.6 Å². The van der Waals surface area contributed by atoms with Crippen LogP contribution in [0.1, 0.15) is 12.8 Å². The number of rotatable bonds is 5. The van der Waals surface area contributed by atoms with Gasteiger partial charge in [-0.25, -0.2) is 0 Å². The zero-order valence-electron chi connectivity index (χ0n) is 5.46. The molecular formula is C4H9ClO4Zn. The predicted octanol–water partition coefficient (Wildman–Crippen LogP) is -0.435. The van der Waals surface area contributed by atoms with Gasteiger partial charge in [0.05, 0.1) is 0 Å². The average molecular weight is 222 g/mol. The summed E-state index contributed by atoms with van der Waals surface area (Å²) in [5.74, 6) is 0. The van der Waals surface area contributed by atoms with Crippen LogP contribution >= 0.6 is 11.6 Å². The maximum absolute atomic E-state index is 8.54. The second-order valence-electron chi connectivity index (χ2n) is 1.86. The maximum atomic E-state index is 8.54. The summed E-state index contributed by atoms with van der Waals surface area (Å²) in [7, 11) is 0. The summed E-state index contributed by atoms with van der Waals surface area (Å²) in [6, 6.07) is 0. The van der Waals surface area contributed by atoms with Crippen molar-refractivity contribution in [2.24, 2.45) is 0 Å². The van der Waals surface area contributed by atoms with Gasteiger partial charge in [0.15, 0.2) is 0 Å². The van der Waals surface area contributed by atoms with Crippen LogP contribution in [0.15, 0.2) is 0 Å². The van der Waals surface area contributed by atoms with Crippen LogP contribution in [-0.4, -0.2) is 26.0 Å². The minimum absolute atomic E-state index is 0.0524. The van der Waals surface area contributed by atoms with E-state index in [1.54, 1.807) is 0 Å². The third-order valence-electron chi connectivity index (χ3n) is 0.875. The Balaban J connectivity index is 3.04. The summed E-state index contributed by atoms with van der Waals surface area (Å²) in [6.45, 7) is 0.353. The molecule has 0 bridgehead atoms. The number of aliphatic hydroxyl groups is 2. The fourth-order valence-electron chi connectivity index (χ4n) is 0.464. The van der Waals surface area contributed by atoms with Gasteiger partial charge in [0.1, 0.15) is 0 Å². The minimum atomic E-state index is -2.12. The van der Waals surface area contributed by atoms with Gasteiger partial charge in [-0.2, -0.15) is 0 Å². The third-order valence-corrected chi connectivity index (χ3v) is 2.05. The van der Waals surface area contributed by atoms with Crippen molar-refractivity contribution < 1.29 is 35.6 Å². The van der Waals surface area contributed by atoms with E-state index in [1.165, 1.54) is 0 Å². The topological polar surface area (TPSA) is 69.9 Å². The molecule has 0 aromatic heterocycles. The Hall–Kier alpha value is 0.753. The molecule has 0 aliphatic heterocycles. The SMILES string of the molecule is [OH][Zn][O]CCCC(O)(O)Cl. The summed E-state index contributed by atoms with van der Waals surface area (Å²) in [6.07, 6.45) is 0.499. The van der Waals surface area contributed by atoms with Gasteiger partial charge >= 0.3 is 71.9 Å². The Morgan fingerprint density at radius 2 is 2.10 bits per heavy atom. The molecule has 0 aromatic rings. The molecule has 0 amide bonds. The Bertz CT molecular complexity index is 83.8. The van der Waals surface area contributed by atoms with Crippen molar-refractivity contribution in [3.63, 3.8) is 0 Å². The summed E-state index contributed by atoms with van der Waals surface area (Å²) in [5, 5.41) is 15.0. The molecule has 10 heavy (non-hydrogen) atoms. The zero-order chi connectivity index (χ0) is 8.04. The zero-order valence-corrected chi connectivity index (χ0v) is 9.18. The van der Waals surface area contributed by atoms with E-state index >= 15 is 0 Å². The molecule has 6 heteroatoms. The van der Waals surface area contributed by atoms with Gasteiger partial charge < -0.3 is 0 Å². The van der Waals surface area contributed by atoms with Crippen LogP contribution in [0.4, 0.5) is 0 Å². The van der Waals surface area contributed by atoms with Crippen LogP contribution < -0.4 is 0 Å². The fraction of sp³-hybridized carbons (Fsp3) is 1.00. The van der Waals surface area contributed by atoms with Crippen molar-refractivity contribution in [1.29, 1.82) is 0 Å². The molecule has 0 saturated heterocycles. The van der Waals surface area contributed by atoms with E-state index in [4.69, 9.17) is 29.3 Å². The first-order chi connectivity index (χ1) is 4.56. The molecule has 0 aromatic carbocycles. The summed E-state index contributed by atoms with van der Waals surface area (Å²) in [5.41, 5.74) is 0. The van der Waals surface area contributed by atoms with Gasteiger partial charge in [0, 0.05) is 0 Å². The van der Waals surface area contributed by atoms with Gasteiger partial charge in [-0.15, -0.1) is 0 Å². The standard InChI is InChI=1S/C4H8ClO3.H2O.Zn/c5-4(7,8)2-1-3-6;;/h7-8H,1-3H2;1H2;/q-1;;+2/p-1. The molecule has 0 spiro atoms. The number of hydrogen-bond donors (Lipinski definition) is 3. The molecule has 0 fully saturated rings. The van der Waals surface area contributed by atoms with Crippen molar-refractivity contribution in [2.45, 2.75) is 18.1 Å². The van der Waals surface area contributed by atoms with E-state index in [-0.39, 0.29) is 6.42 Å². The Morgan fingerprint density at radius 1 is 1.50 bits per heavy atom. The molecule has 0 rings (SSSR count). The van der Waals surface area contributed by atoms with Gasteiger partial charge in [0.2, 0.25) is 0 Å². The van der Waals surface area contributed by atoms with Crippen molar-refractivity contribution in [1.82, 2.24) is 0 Å². The van der Waals surface area contributed by atoms with Gasteiger partial charge in [0.25, 0.3) is 0 Å². The summed E-state index contributed by atoms with van der Waals surface area (Å²) < 4.78 is 13.0. The molecule has 4 nitrogen and oxygen atoms in total. The fourth-order valence-corrected chi connectivity index (χ4v) is 1.30. The van der Waals surface area contributed by atoms with Gasteiger partial charge in [-0.05, 0) is 0 Å². The molecule has 0 unspecified atom stereocenters.